The second kappa shape index (κ2) is 10.0. The second-order valence-corrected chi connectivity index (χ2v) is 8.95. The molecule has 2 N–H and O–H groups in total. The van der Waals surface area contributed by atoms with Crippen LogP contribution < -0.4 is 10.6 Å². The van der Waals surface area contributed by atoms with E-state index in [1.807, 2.05) is 6.07 Å². The fourth-order valence-electron chi connectivity index (χ4n) is 5.44. The number of fused-ring (bicyclic) bond motifs is 2. The first kappa shape index (κ1) is 19.4. The summed E-state index contributed by atoms with van der Waals surface area (Å²) in [5, 5.41) is 7.14. The average molecular weight is 377 g/mol. The molecule has 2 heteroatoms. The molecule has 0 amide bonds. The van der Waals surface area contributed by atoms with Crippen LogP contribution in [0.2, 0.25) is 0 Å². The van der Waals surface area contributed by atoms with Crippen LogP contribution in [-0.2, 0) is 0 Å². The van der Waals surface area contributed by atoms with Crippen molar-refractivity contribution in [1.82, 2.24) is 0 Å². The molecule has 2 nitrogen and oxygen atoms in total. The first-order chi connectivity index (χ1) is 13.9. The Morgan fingerprint density at radius 1 is 0.714 bits per heavy atom. The zero-order valence-corrected chi connectivity index (χ0v) is 17.2. The molecule has 2 aromatic rings. The van der Waals surface area contributed by atoms with Gasteiger partial charge in [0.15, 0.2) is 0 Å². The van der Waals surface area contributed by atoms with Gasteiger partial charge < -0.3 is 10.6 Å². The van der Waals surface area contributed by atoms with Crippen LogP contribution in [0.1, 0.15) is 64.2 Å². The van der Waals surface area contributed by atoms with Gasteiger partial charge in [0.1, 0.15) is 0 Å². The maximum Gasteiger partial charge on any atom is 0.0620 e. The standard InChI is InChI=1S/C26H36N2/c1(2-5-11-22-19-21-16-17-23(22)20-21)3-10-18-27-25-14-8-9-15-26(25)28-24-12-6-4-7-13-24/h4,6-9,12-15,21-23,27-28H,1-3,5,10-11,16-20H2/t21-,22?,23-/m1/s1. The highest BCUT2D eigenvalue weighted by atomic mass is 15.0. The molecule has 0 spiro atoms. The van der Waals surface area contributed by atoms with Crippen LogP contribution in [0.5, 0.6) is 0 Å². The molecule has 0 aromatic heterocycles. The van der Waals surface area contributed by atoms with E-state index < -0.39 is 0 Å². The molecule has 0 heterocycles. The van der Waals surface area contributed by atoms with E-state index in [1.165, 1.54) is 50.6 Å². The molecule has 4 rings (SSSR count). The molecule has 2 aliphatic carbocycles. The monoisotopic (exact) mass is 376 g/mol. The number of rotatable bonds is 11. The highest BCUT2D eigenvalue weighted by molar-refractivity contribution is 5.74. The predicted octanol–water partition coefficient (Wildman–Crippen LogP) is 7.62. The molecule has 2 bridgehead atoms. The fraction of sp³-hybridized carbons (Fsp3) is 0.538. The van der Waals surface area contributed by atoms with E-state index >= 15 is 0 Å². The number of hydrogen-bond donors (Lipinski definition) is 2. The minimum Gasteiger partial charge on any atom is -0.383 e. The van der Waals surface area contributed by atoms with E-state index in [1.54, 1.807) is 19.3 Å². The lowest BCUT2D eigenvalue weighted by molar-refractivity contribution is 0.304. The third kappa shape index (κ3) is 5.31. The van der Waals surface area contributed by atoms with E-state index in [-0.39, 0.29) is 0 Å². The zero-order valence-electron chi connectivity index (χ0n) is 17.2. The molecule has 0 aliphatic heterocycles. The number of benzene rings is 2. The topological polar surface area (TPSA) is 24.1 Å². The highest BCUT2D eigenvalue weighted by Gasteiger charge is 2.38. The van der Waals surface area contributed by atoms with Gasteiger partial charge in [0.25, 0.3) is 0 Å². The third-order valence-electron chi connectivity index (χ3n) is 6.93. The molecule has 1 unspecified atom stereocenters. The van der Waals surface area contributed by atoms with Crippen molar-refractivity contribution in [2.45, 2.75) is 64.2 Å². The predicted molar refractivity (Wildman–Crippen MR) is 121 cm³/mol. The van der Waals surface area contributed by atoms with Crippen molar-refractivity contribution in [1.29, 1.82) is 0 Å². The van der Waals surface area contributed by atoms with Crippen LogP contribution >= 0.6 is 0 Å². The normalized spacial score (nSPS) is 23.1. The Balaban J connectivity index is 1.09. The minimum absolute atomic E-state index is 1.06. The van der Waals surface area contributed by atoms with Gasteiger partial charge in [-0.05, 0) is 67.7 Å². The zero-order chi connectivity index (χ0) is 19.0. The van der Waals surface area contributed by atoms with Crippen molar-refractivity contribution in [3.8, 4) is 0 Å². The lowest BCUT2D eigenvalue weighted by Crippen LogP contribution is -2.10. The van der Waals surface area contributed by atoms with E-state index in [0.717, 1.165) is 35.7 Å². The maximum atomic E-state index is 3.62. The smallest absolute Gasteiger partial charge is 0.0620 e. The van der Waals surface area contributed by atoms with Gasteiger partial charge in [-0.2, -0.15) is 0 Å². The van der Waals surface area contributed by atoms with E-state index in [4.69, 9.17) is 0 Å². The molecule has 2 fully saturated rings. The van der Waals surface area contributed by atoms with Gasteiger partial charge in [-0.15, -0.1) is 0 Å². The number of unbranched alkanes of at least 4 members (excludes halogenated alkanes) is 4. The summed E-state index contributed by atoms with van der Waals surface area (Å²) in [5.74, 6) is 3.31. The average Bonchev–Trinajstić information content (AvgIpc) is 3.35. The van der Waals surface area contributed by atoms with E-state index in [9.17, 15) is 0 Å². The van der Waals surface area contributed by atoms with E-state index in [0.29, 0.717) is 0 Å². The molecular weight excluding hydrogens is 340 g/mol. The summed E-state index contributed by atoms with van der Waals surface area (Å²) in [4.78, 5) is 0. The Bertz CT molecular complexity index is 711. The molecule has 150 valence electrons. The first-order valence-corrected chi connectivity index (χ1v) is 11.5. The van der Waals surface area contributed by atoms with Crippen molar-refractivity contribution >= 4 is 17.1 Å². The van der Waals surface area contributed by atoms with Crippen molar-refractivity contribution < 1.29 is 0 Å². The fourth-order valence-corrected chi connectivity index (χ4v) is 5.44. The van der Waals surface area contributed by atoms with Gasteiger partial charge in [0, 0.05) is 12.2 Å². The van der Waals surface area contributed by atoms with Crippen LogP contribution in [0.25, 0.3) is 0 Å². The summed E-state index contributed by atoms with van der Waals surface area (Å²) in [6.45, 7) is 1.06. The van der Waals surface area contributed by atoms with Crippen LogP contribution in [0, 0.1) is 17.8 Å². The van der Waals surface area contributed by atoms with Gasteiger partial charge >= 0.3 is 0 Å². The Hall–Kier alpha value is -1.96. The maximum absolute atomic E-state index is 3.62. The SMILES string of the molecule is c1ccc(Nc2ccccc2NCCCCCCCC2C[C@H]3CC[C@@H]2C3)cc1. The Labute approximate surface area is 171 Å². The van der Waals surface area contributed by atoms with Crippen LogP contribution in [0.3, 0.4) is 0 Å². The quantitative estimate of drug-likeness (QED) is 0.394. The number of hydrogen-bond acceptors (Lipinski definition) is 2. The van der Waals surface area contributed by atoms with Crippen LogP contribution in [0.4, 0.5) is 17.1 Å². The Morgan fingerprint density at radius 3 is 2.25 bits per heavy atom. The number of para-hydroxylation sites is 3. The molecule has 2 saturated carbocycles. The molecule has 3 atom stereocenters. The summed E-state index contributed by atoms with van der Waals surface area (Å²) in [6, 6.07) is 18.9. The van der Waals surface area contributed by atoms with Gasteiger partial charge in [-0.3, -0.25) is 0 Å². The van der Waals surface area contributed by atoms with Gasteiger partial charge in [0.05, 0.1) is 11.4 Å². The largest absolute Gasteiger partial charge is 0.383 e. The van der Waals surface area contributed by atoms with Crippen molar-refractivity contribution in [2.75, 3.05) is 17.2 Å². The summed E-state index contributed by atoms with van der Waals surface area (Å²) in [7, 11) is 0. The van der Waals surface area contributed by atoms with Crippen LogP contribution in [0.15, 0.2) is 54.6 Å². The molecular formula is C26H36N2. The molecule has 0 saturated heterocycles. The highest BCUT2D eigenvalue weighted by Crippen LogP contribution is 2.50. The third-order valence-corrected chi connectivity index (χ3v) is 6.93. The lowest BCUT2D eigenvalue weighted by Gasteiger charge is -2.21. The molecule has 28 heavy (non-hydrogen) atoms. The Morgan fingerprint density at radius 2 is 1.46 bits per heavy atom. The van der Waals surface area contributed by atoms with Crippen LogP contribution in [-0.4, -0.2) is 6.54 Å². The summed E-state index contributed by atoms with van der Waals surface area (Å²) >= 11 is 0. The molecule has 2 aliphatic rings. The number of nitrogens with one attached hydrogen (secondary N) is 2. The summed E-state index contributed by atoms with van der Waals surface area (Å²) < 4.78 is 0. The number of anilines is 3. The summed E-state index contributed by atoms with van der Waals surface area (Å²) in [5.41, 5.74) is 3.48. The van der Waals surface area contributed by atoms with Crippen molar-refractivity contribution in [3.05, 3.63) is 54.6 Å². The van der Waals surface area contributed by atoms with Crippen molar-refractivity contribution in [2.24, 2.45) is 17.8 Å². The molecule has 2 aromatic carbocycles. The van der Waals surface area contributed by atoms with Gasteiger partial charge in [0.2, 0.25) is 0 Å². The van der Waals surface area contributed by atoms with E-state index in [2.05, 4.69) is 59.2 Å². The summed E-state index contributed by atoms with van der Waals surface area (Å²) in [6.07, 6.45) is 14.6. The van der Waals surface area contributed by atoms with Gasteiger partial charge in [-0.25, -0.2) is 0 Å². The van der Waals surface area contributed by atoms with Gasteiger partial charge in [-0.1, -0.05) is 68.9 Å². The Kier molecular flexibility index (Phi) is 6.91. The minimum atomic E-state index is 1.06. The lowest BCUT2D eigenvalue weighted by atomic mass is 9.85. The molecule has 0 radical (unpaired) electrons. The van der Waals surface area contributed by atoms with Crippen molar-refractivity contribution in [3.63, 3.8) is 0 Å². The second-order valence-electron chi connectivity index (χ2n) is 8.95. The first-order valence-electron chi connectivity index (χ1n) is 11.5.